The van der Waals surface area contributed by atoms with E-state index in [9.17, 15) is 0 Å². The molecule has 0 atom stereocenters. The summed E-state index contributed by atoms with van der Waals surface area (Å²) in [6.45, 7) is 9.36. The number of unbranched alkanes of at least 4 members (excludes halogenated alkanes) is 1. The fourth-order valence-corrected chi connectivity index (χ4v) is 2.22. The molecule has 0 aliphatic rings. The van der Waals surface area contributed by atoms with Gasteiger partial charge in [-0.3, -0.25) is 0 Å². The third-order valence-corrected chi connectivity index (χ3v) is 3.48. The summed E-state index contributed by atoms with van der Waals surface area (Å²) in [6.07, 6.45) is 2.34. The van der Waals surface area contributed by atoms with Gasteiger partial charge >= 0.3 is 0 Å². The molecule has 1 N–H and O–H groups in total. The standard InChI is InChI=1S/C18H31N3O2.HI/c1-6-9-12-21(4)18(19-7-2)20-14-15-10-11-16(23-8-3)17(13-15)22-5;/h10-11,13H,6-9,12,14H2,1-5H3,(H,19,20);1H. The summed E-state index contributed by atoms with van der Waals surface area (Å²) < 4.78 is 10.9. The lowest BCUT2D eigenvalue weighted by atomic mass is 10.2. The van der Waals surface area contributed by atoms with E-state index in [1.54, 1.807) is 7.11 Å². The lowest BCUT2D eigenvalue weighted by Crippen LogP contribution is -2.39. The number of nitrogens with one attached hydrogen (secondary N) is 1. The van der Waals surface area contributed by atoms with Gasteiger partial charge in [-0.25, -0.2) is 4.99 Å². The Hall–Kier alpha value is -1.18. The van der Waals surface area contributed by atoms with Crippen molar-refractivity contribution < 1.29 is 9.47 Å². The molecular weight excluding hydrogens is 417 g/mol. The van der Waals surface area contributed by atoms with Crippen LogP contribution in [0.4, 0.5) is 0 Å². The molecule has 0 bridgehead atoms. The van der Waals surface area contributed by atoms with Crippen molar-refractivity contribution in [1.82, 2.24) is 10.2 Å². The fourth-order valence-electron chi connectivity index (χ4n) is 2.22. The highest BCUT2D eigenvalue weighted by Gasteiger charge is 2.07. The van der Waals surface area contributed by atoms with E-state index in [4.69, 9.17) is 14.5 Å². The van der Waals surface area contributed by atoms with Crippen molar-refractivity contribution >= 4 is 29.9 Å². The van der Waals surface area contributed by atoms with Gasteiger partial charge in [0.05, 0.1) is 20.3 Å². The molecule has 1 rings (SSSR count). The molecule has 1 aromatic carbocycles. The molecule has 0 aliphatic heterocycles. The molecular formula is C18H32IN3O2. The number of ether oxygens (including phenoxy) is 2. The van der Waals surface area contributed by atoms with Crippen molar-refractivity contribution in [2.24, 2.45) is 4.99 Å². The summed E-state index contributed by atoms with van der Waals surface area (Å²) in [5.41, 5.74) is 1.10. The lowest BCUT2D eigenvalue weighted by Gasteiger charge is -2.21. The van der Waals surface area contributed by atoms with E-state index in [1.807, 2.05) is 25.1 Å². The summed E-state index contributed by atoms with van der Waals surface area (Å²) in [6, 6.07) is 5.97. The zero-order valence-electron chi connectivity index (χ0n) is 15.6. The highest BCUT2D eigenvalue weighted by molar-refractivity contribution is 14.0. The van der Waals surface area contributed by atoms with E-state index >= 15 is 0 Å². The van der Waals surface area contributed by atoms with Crippen LogP contribution in [0, 0.1) is 0 Å². The van der Waals surface area contributed by atoms with Gasteiger partial charge in [-0.15, -0.1) is 24.0 Å². The predicted molar refractivity (Wildman–Crippen MR) is 112 cm³/mol. The number of rotatable bonds is 9. The van der Waals surface area contributed by atoms with Crippen LogP contribution in [0.1, 0.15) is 39.2 Å². The Morgan fingerprint density at radius 3 is 2.54 bits per heavy atom. The Kier molecular flexibility index (Phi) is 12.5. The average molecular weight is 449 g/mol. The lowest BCUT2D eigenvalue weighted by molar-refractivity contribution is 0.310. The molecule has 138 valence electrons. The average Bonchev–Trinajstić information content (AvgIpc) is 2.57. The van der Waals surface area contributed by atoms with Gasteiger partial charge in [-0.2, -0.15) is 0 Å². The molecule has 0 aromatic heterocycles. The van der Waals surface area contributed by atoms with Crippen LogP contribution < -0.4 is 14.8 Å². The van der Waals surface area contributed by atoms with E-state index in [-0.39, 0.29) is 24.0 Å². The van der Waals surface area contributed by atoms with Crippen LogP contribution in [0.3, 0.4) is 0 Å². The van der Waals surface area contributed by atoms with Gasteiger partial charge in [0.1, 0.15) is 0 Å². The van der Waals surface area contributed by atoms with Gasteiger partial charge in [0, 0.05) is 20.1 Å². The molecule has 6 heteroatoms. The first-order valence-corrected chi connectivity index (χ1v) is 8.45. The van der Waals surface area contributed by atoms with E-state index in [0.717, 1.165) is 42.5 Å². The largest absolute Gasteiger partial charge is 0.493 e. The Balaban J connectivity index is 0.00000529. The highest BCUT2D eigenvalue weighted by Crippen LogP contribution is 2.28. The number of hydrogen-bond acceptors (Lipinski definition) is 3. The Morgan fingerprint density at radius 1 is 1.21 bits per heavy atom. The summed E-state index contributed by atoms with van der Waals surface area (Å²) in [5, 5.41) is 3.34. The number of nitrogens with zero attached hydrogens (tertiary/aromatic N) is 2. The number of benzene rings is 1. The highest BCUT2D eigenvalue weighted by atomic mass is 127. The van der Waals surface area contributed by atoms with Crippen molar-refractivity contribution in [2.45, 2.75) is 40.2 Å². The van der Waals surface area contributed by atoms with Crippen LogP contribution in [0.25, 0.3) is 0 Å². The van der Waals surface area contributed by atoms with Crippen LogP contribution in [-0.4, -0.2) is 44.7 Å². The first-order chi connectivity index (χ1) is 11.2. The first-order valence-electron chi connectivity index (χ1n) is 8.45. The van der Waals surface area contributed by atoms with Crippen molar-refractivity contribution in [3.05, 3.63) is 23.8 Å². The molecule has 0 saturated heterocycles. The minimum absolute atomic E-state index is 0. The predicted octanol–water partition coefficient (Wildman–Crippen LogP) is 3.91. The maximum atomic E-state index is 5.55. The SMILES string of the molecule is CCCCN(C)C(=NCc1ccc(OCC)c(OC)c1)NCC.I. The van der Waals surface area contributed by atoms with E-state index in [1.165, 1.54) is 6.42 Å². The monoisotopic (exact) mass is 449 g/mol. The van der Waals surface area contributed by atoms with Crippen LogP contribution in [0.15, 0.2) is 23.2 Å². The van der Waals surface area contributed by atoms with Gasteiger partial charge in [-0.1, -0.05) is 19.4 Å². The summed E-state index contributed by atoms with van der Waals surface area (Å²) >= 11 is 0. The van der Waals surface area contributed by atoms with Gasteiger partial charge < -0.3 is 19.7 Å². The number of methoxy groups -OCH3 is 1. The first kappa shape index (κ1) is 22.8. The second-order valence-electron chi connectivity index (χ2n) is 5.36. The number of guanidine groups is 1. The Bertz CT molecular complexity index is 495. The maximum absolute atomic E-state index is 5.55. The second kappa shape index (κ2) is 13.1. The minimum atomic E-state index is 0. The normalized spacial score (nSPS) is 10.8. The Labute approximate surface area is 163 Å². The second-order valence-corrected chi connectivity index (χ2v) is 5.36. The van der Waals surface area contributed by atoms with Gasteiger partial charge in [0.25, 0.3) is 0 Å². The quantitative estimate of drug-likeness (QED) is 0.353. The number of aliphatic imine (C=N–C) groups is 1. The third kappa shape index (κ3) is 7.59. The number of hydrogen-bond donors (Lipinski definition) is 1. The minimum Gasteiger partial charge on any atom is -0.493 e. The summed E-state index contributed by atoms with van der Waals surface area (Å²) in [7, 11) is 3.74. The van der Waals surface area contributed by atoms with E-state index in [2.05, 4.69) is 31.1 Å². The summed E-state index contributed by atoms with van der Waals surface area (Å²) in [4.78, 5) is 6.90. The molecule has 1 aromatic rings. The molecule has 0 radical (unpaired) electrons. The fraction of sp³-hybridized carbons (Fsp3) is 0.611. The molecule has 0 unspecified atom stereocenters. The smallest absolute Gasteiger partial charge is 0.193 e. The molecule has 0 heterocycles. The Morgan fingerprint density at radius 2 is 1.96 bits per heavy atom. The zero-order chi connectivity index (χ0) is 17.1. The summed E-state index contributed by atoms with van der Waals surface area (Å²) in [5.74, 6) is 2.47. The van der Waals surface area contributed by atoms with Crippen LogP contribution in [0.2, 0.25) is 0 Å². The third-order valence-electron chi connectivity index (χ3n) is 3.48. The van der Waals surface area contributed by atoms with Crippen LogP contribution >= 0.6 is 24.0 Å². The van der Waals surface area contributed by atoms with Crippen molar-refractivity contribution in [3.63, 3.8) is 0 Å². The van der Waals surface area contributed by atoms with Crippen molar-refractivity contribution in [3.8, 4) is 11.5 Å². The molecule has 24 heavy (non-hydrogen) atoms. The zero-order valence-corrected chi connectivity index (χ0v) is 17.9. The van der Waals surface area contributed by atoms with Crippen LogP contribution in [0.5, 0.6) is 11.5 Å². The molecule has 5 nitrogen and oxygen atoms in total. The van der Waals surface area contributed by atoms with E-state index < -0.39 is 0 Å². The number of halogens is 1. The molecule has 0 amide bonds. The van der Waals surface area contributed by atoms with Gasteiger partial charge in [-0.05, 0) is 38.0 Å². The van der Waals surface area contributed by atoms with Crippen LogP contribution in [-0.2, 0) is 6.54 Å². The van der Waals surface area contributed by atoms with Gasteiger partial charge in [0.2, 0.25) is 0 Å². The van der Waals surface area contributed by atoms with Gasteiger partial charge in [0.15, 0.2) is 17.5 Å². The molecule has 0 saturated carbocycles. The molecule has 0 aliphatic carbocycles. The maximum Gasteiger partial charge on any atom is 0.193 e. The van der Waals surface area contributed by atoms with Crippen molar-refractivity contribution in [1.29, 1.82) is 0 Å². The van der Waals surface area contributed by atoms with E-state index in [0.29, 0.717) is 13.2 Å². The molecule has 0 fully saturated rings. The van der Waals surface area contributed by atoms with Crippen molar-refractivity contribution in [2.75, 3.05) is 33.9 Å². The topological polar surface area (TPSA) is 46.1 Å². The molecule has 0 spiro atoms.